The minimum absolute atomic E-state index is 0.0418. The molecule has 0 aromatic heterocycles. The van der Waals surface area contributed by atoms with Crippen LogP contribution in [0.1, 0.15) is 11.1 Å². The van der Waals surface area contributed by atoms with Crippen LogP contribution in [-0.2, 0) is 4.79 Å². The van der Waals surface area contributed by atoms with Gasteiger partial charge in [-0.1, -0.05) is 29.3 Å². The Labute approximate surface area is 146 Å². The Morgan fingerprint density at radius 1 is 1.04 bits per heavy atom. The van der Waals surface area contributed by atoms with E-state index in [1.165, 1.54) is 36.4 Å². The largest absolute Gasteiger partial charge is 0.505 e. The molecule has 0 spiro atoms. The second kappa shape index (κ2) is 7.48. The molecule has 4 nitrogen and oxygen atoms in total. The van der Waals surface area contributed by atoms with E-state index >= 15 is 0 Å². The molecular formula is C17H12ClF3N2O2. The van der Waals surface area contributed by atoms with E-state index in [9.17, 15) is 23.1 Å². The molecule has 0 saturated heterocycles. The maximum atomic E-state index is 12.8. The summed E-state index contributed by atoms with van der Waals surface area (Å²) in [6.07, 6.45) is -5.21. The number of carbonyl (C=O) groups is 1. The van der Waals surface area contributed by atoms with Gasteiger partial charge in [-0.3, -0.25) is 4.79 Å². The maximum Gasteiger partial charge on any atom is 0.456 e. The maximum absolute atomic E-state index is 12.8. The van der Waals surface area contributed by atoms with Gasteiger partial charge in [-0.15, -0.1) is 5.11 Å². The van der Waals surface area contributed by atoms with Crippen LogP contribution in [0, 0.1) is 6.92 Å². The van der Waals surface area contributed by atoms with Gasteiger partial charge in [0.25, 0.3) is 5.78 Å². The van der Waals surface area contributed by atoms with E-state index in [0.717, 1.165) is 5.56 Å². The minimum Gasteiger partial charge on any atom is -0.505 e. The summed E-state index contributed by atoms with van der Waals surface area (Å²) in [5.74, 6) is -3.23. The molecule has 0 aliphatic carbocycles. The van der Waals surface area contributed by atoms with E-state index < -0.39 is 23.4 Å². The number of Topliss-reactive ketones (excluding diaryl/α,β-unsaturated/α-hetero) is 1. The summed E-state index contributed by atoms with van der Waals surface area (Å²) in [6.45, 7) is 1.83. The molecule has 2 aromatic rings. The Hall–Kier alpha value is -2.67. The van der Waals surface area contributed by atoms with E-state index in [-0.39, 0.29) is 11.3 Å². The molecule has 0 saturated carbocycles. The molecule has 25 heavy (non-hydrogen) atoms. The quantitative estimate of drug-likeness (QED) is 0.421. The number of alkyl halides is 3. The van der Waals surface area contributed by atoms with Crippen molar-refractivity contribution in [3.05, 3.63) is 70.4 Å². The molecular weight excluding hydrogens is 357 g/mol. The smallest absolute Gasteiger partial charge is 0.456 e. The van der Waals surface area contributed by atoms with Crippen molar-refractivity contribution in [3.63, 3.8) is 0 Å². The zero-order valence-electron chi connectivity index (χ0n) is 12.9. The summed E-state index contributed by atoms with van der Waals surface area (Å²) in [5, 5.41) is 17.4. The van der Waals surface area contributed by atoms with Crippen LogP contribution in [-0.4, -0.2) is 17.1 Å². The molecule has 0 heterocycles. The van der Waals surface area contributed by atoms with Gasteiger partial charge in [0.15, 0.2) is 11.5 Å². The van der Waals surface area contributed by atoms with Crippen LogP contribution in [0.5, 0.6) is 0 Å². The number of azo groups is 1. The fourth-order valence-electron chi connectivity index (χ4n) is 1.80. The molecule has 8 heteroatoms. The first kappa shape index (κ1) is 18.7. The topological polar surface area (TPSA) is 62.0 Å². The number of aliphatic hydroxyl groups is 1. The van der Waals surface area contributed by atoms with Crippen molar-refractivity contribution in [3.8, 4) is 0 Å². The fourth-order valence-corrected chi connectivity index (χ4v) is 1.92. The molecule has 130 valence electrons. The minimum atomic E-state index is -5.21. The van der Waals surface area contributed by atoms with E-state index in [1.807, 2.05) is 6.92 Å². The average Bonchev–Trinajstić information content (AvgIpc) is 2.56. The number of nitrogens with zero attached hydrogens (tertiary/aromatic N) is 2. The van der Waals surface area contributed by atoms with Crippen LogP contribution in [0.25, 0.3) is 5.76 Å². The number of allylic oxidation sites excluding steroid dienone is 1. The monoisotopic (exact) mass is 368 g/mol. The standard InChI is InChI=1S/C17H12ClF3N2O2/c1-10-2-8-13(9-3-10)22-23-14(16(25)17(19,20)21)15(24)11-4-6-12(18)7-5-11/h2-9,24H,1H3. The van der Waals surface area contributed by atoms with Crippen LogP contribution in [0.15, 0.2) is 64.5 Å². The number of benzene rings is 2. The van der Waals surface area contributed by atoms with Crippen molar-refractivity contribution in [1.82, 2.24) is 0 Å². The lowest BCUT2D eigenvalue weighted by Crippen LogP contribution is -2.24. The third kappa shape index (κ3) is 4.90. The Kier molecular flexibility index (Phi) is 5.58. The molecule has 0 atom stereocenters. The number of ketones is 1. The second-order valence-electron chi connectivity index (χ2n) is 5.07. The van der Waals surface area contributed by atoms with Crippen molar-refractivity contribution in [2.24, 2.45) is 10.2 Å². The third-order valence-electron chi connectivity index (χ3n) is 3.11. The van der Waals surface area contributed by atoms with Crippen molar-refractivity contribution >= 4 is 28.8 Å². The highest BCUT2D eigenvalue weighted by Gasteiger charge is 2.43. The molecule has 0 unspecified atom stereocenters. The van der Waals surface area contributed by atoms with Gasteiger partial charge >= 0.3 is 6.18 Å². The molecule has 0 aliphatic heterocycles. The number of aliphatic hydroxyl groups excluding tert-OH is 1. The number of aryl methyl sites for hydroxylation is 1. The predicted molar refractivity (Wildman–Crippen MR) is 87.8 cm³/mol. The average molecular weight is 369 g/mol. The Balaban J connectivity index is 2.49. The summed E-state index contributed by atoms with van der Waals surface area (Å²) in [5.41, 5.74) is -0.0812. The first-order valence-corrected chi connectivity index (χ1v) is 7.35. The van der Waals surface area contributed by atoms with Gasteiger partial charge < -0.3 is 5.11 Å². The summed E-state index contributed by atoms with van der Waals surface area (Å²) < 4.78 is 38.4. The van der Waals surface area contributed by atoms with Crippen molar-refractivity contribution < 1.29 is 23.1 Å². The first-order valence-electron chi connectivity index (χ1n) is 6.97. The molecule has 2 rings (SSSR count). The van der Waals surface area contributed by atoms with Crippen LogP contribution in [0.3, 0.4) is 0 Å². The molecule has 1 N–H and O–H groups in total. The summed E-state index contributed by atoms with van der Waals surface area (Å²) in [6, 6.07) is 11.7. The lowest BCUT2D eigenvalue weighted by molar-refractivity contribution is -0.166. The summed E-state index contributed by atoms with van der Waals surface area (Å²) in [7, 11) is 0. The summed E-state index contributed by atoms with van der Waals surface area (Å²) in [4.78, 5) is 11.6. The number of carbonyl (C=O) groups excluding carboxylic acids is 1. The van der Waals surface area contributed by atoms with E-state index in [1.54, 1.807) is 12.1 Å². The van der Waals surface area contributed by atoms with Gasteiger partial charge in [-0.05, 0) is 43.3 Å². The van der Waals surface area contributed by atoms with E-state index in [0.29, 0.717) is 5.02 Å². The number of hydrogen-bond acceptors (Lipinski definition) is 4. The molecule has 0 amide bonds. The van der Waals surface area contributed by atoms with Crippen molar-refractivity contribution in [1.29, 1.82) is 0 Å². The molecule has 0 bridgehead atoms. The van der Waals surface area contributed by atoms with Gasteiger partial charge in [0.1, 0.15) is 0 Å². The van der Waals surface area contributed by atoms with Gasteiger partial charge in [0, 0.05) is 10.6 Å². The Bertz CT molecular complexity index is 826. The molecule has 0 aliphatic rings. The SMILES string of the molecule is Cc1ccc(N=NC(C(=O)C(F)(F)F)=C(O)c2ccc(Cl)cc2)cc1. The number of hydrogen-bond donors (Lipinski definition) is 1. The number of rotatable bonds is 4. The zero-order valence-corrected chi connectivity index (χ0v) is 13.6. The normalized spacial score (nSPS) is 13.0. The third-order valence-corrected chi connectivity index (χ3v) is 3.37. The van der Waals surface area contributed by atoms with Crippen LogP contribution >= 0.6 is 11.6 Å². The second-order valence-corrected chi connectivity index (χ2v) is 5.50. The van der Waals surface area contributed by atoms with Crippen LogP contribution in [0.4, 0.5) is 18.9 Å². The predicted octanol–water partition coefficient (Wildman–Crippen LogP) is 5.79. The lowest BCUT2D eigenvalue weighted by atomic mass is 10.1. The molecule has 0 fully saturated rings. The van der Waals surface area contributed by atoms with Crippen molar-refractivity contribution in [2.45, 2.75) is 13.1 Å². The highest BCUT2D eigenvalue weighted by atomic mass is 35.5. The zero-order chi connectivity index (χ0) is 18.6. The fraction of sp³-hybridized carbons (Fsp3) is 0.118. The molecule has 2 aromatic carbocycles. The van der Waals surface area contributed by atoms with Crippen LogP contribution < -0.4 is 0 Å². The van der Waals surface area contributed by atoms with E-state index in [4.69, 9.17) is 11.6 Å². The Morgan fingerprint density at radius 2 is 1.60 bits per heavy atom. The van der Waals surface area contributed by atoms with Gasteiger partial charge in [-0.25, -0.2) is 0 Å². The highest BCUT2D eigenvalue weighted by molar-refractivity contribution is 6.30. The number of halogens is 4. The Morgan fingerprint density at radius 3 is 2.12 bits per heavy atom. The van der Waals surface area contributed by atoms with E-state index in [2.05, 4.69) is 10.2 Å². The van der Waals surface area contributed by atoms with Crippen molar-refractivity contribution in [2.75, 3.05) is 0 Å². The summed E-state index contributed by atoms with van der Waals surface area (Å²) >= 11 is 5.70. The lowest BCUT2D eigenvalue weighted by Gasteiger charge is -2.08. The van der Waals surface area contributed by atoms with Gasteiger partial charge in [0.2, 0.25) is 0 Å². The first-order chi connectivity index (χ1) is 11.7. The van der Waals surface area contributed by atoms with Gasteiger partial charge in [-0.2, -0.15) is 18.3 Å². The molecule has 0 radical (unpaired) electrons. The van der Waals surface area contributed by atoms with Crippen LogP contribution in [0.2, 0.25) is 5.02 Å². The highest BCUT2D eigenvalue weighted by Crippen LogP contribution is 2.28. The van der Waals surface area contributed by atoms with Gasteiger partial charge in [0.05, 0.1) is 5.69 Å².